The van der Waals surface area contributed by atoms with E-state index >= 15 is 0 Å². The first-order valence-electron chi connectivity index (χ1n) is 6.24. The lowest BCUT2D eigenvalue weighted by Gasteiger charge is -2.10. The summed E-state index contributed by atoms with van der Waals surface area (Å²) in [4.78, 5) is 16.6. The van der Waals surface area contributed by atoms with Crippen LogP contribution in [0, 0.1) is 5.92 Å². The molecule has 0 aromatic carbocycles. The summed E-state index contributed by atoms with van der Waals surface area (Å²) in [6, 6.07) is 0.253. The minimum atomic E-state index is -0.185. The van der Waals surface area contributed by atoms with Gasteiger partial charge < -0.3 is 21.1 Å². The van der Waals surface area contributed by atoms with E-state index in [1.54, 1.807) is 7.11 Å². The zero-order chi connectivity index (χ0) is 14.4. The summed E-state index contributed by atoms with van der Waals surface area (Å²) in [5.41, 5.74) is 5.76. The van der Waals surface area contributed by atoms with Crippen molar-refractivity contribution in [2.24, 2.45) is 5.92 Å². The lowest BCUT2D eigenvalue weighted by molar-refractivity contribution is 0.0939. The van der Waals surface area contributed by atoms with Crippen LogP contribution >= 0.6 is 11.3 Å². The Kier molecular flexibility index (Phi) is 6.04. The summed E-state index contributed by atoms with van der Waals surface area (Å²) in [5, 5.41) is 6.64. The van der Waals surface area contributed by atoms with Crippen molar-refractivity contribution in [3.05, 3.63) is 4.88 Å². The Morgan fingerprint density at radius 2 is 2.16 bits per heavy atom. The summed E-state index contributed by atoms with van der Waals surface area (Å²) in [6.45, 7) is 7.18. The van der Waals surface area contributed by atoms with Gasteiger partial charge in [-0.1, -0.05) is 18.3 Å². The third-order valence-electron chi connectivity index (χ3n) is 2.33. The molecular weight excluding hydrogens is 264 g/mol. The van der Waals surface area contributed by atoms with Crippen LogP contribution in [0.1, 0.15) is 30.4 Å². The van der Waals surface area contributed by atoms with Crippen molar-refractivity contribution >= 4 is 28.2 Å². The second-order valence-electron chi connectivity index (χ2n) is 4.80. The molecule has 0 radical (unpaired) electrons. The van der Waals surface area contributed by atoms with E-state index < -0.39 is 0 Å². The number of hydrogen-bond donors (Lipinski definition) is 3. The number of aromatic nitrogens is 1. The van der Waals surface area contributed by atoms with E-state index in [0.29, 0.717) is 23.2 Å². The first-order chi connectivity index (χ1) is 8.93. The van der Waals surface area contributed by atoms with Crippen molar-refractivity contribution in [1.29, 1.82) is 0 Å². The summed E-state index contributed by atoms with van der Waals surface area (Å²) in [7, 11) is 1.64. The summed E-state index contributed by atoms with van der Waals surface area (Å²) in [5.74, 6) is 0.344. The molecule has 6 nitrogen and oxygen atoms in total. The van der Waals surface area contributed by atoms with Crippen LogP contribution in [0.25, 0.3) is 0 Å². The van der Waals surface area contributed by atoms with E-state index in [4.69, 9.17) is 10.5 Å². The first kappa shape index (κ1) is 15.7. The lowest BCUT2D eigenvalue weighted by atomic mass is 10.2. The zero-order valence-corrected chi connectivity index (χ0v) is 12.6. The molecule has 1 aromatic heterocycles. The number of nitrogens with zero attached hydrogens (tertiary/aromatic N) is 1. The van der Waals surface area contributed by atoms with E-state index in [1.165, 1.54) is 11.3 Å². The molecule has 0 aliphatic carbocycles. The lowest BCUT2D eigenvalue weighted by Crippen LogP contribution is -2.29. The van der Waals surface area contributed by atoms with E-state index in [-0.39, 0.29) is 23.7 Å². The van der Waals surface area contributed by atoms with Crippen LogP contribution in [-0.2, 0) is 4.74 Å². The number of nitrogen functional groups attached to an aromatic ring is 1. The van der Waals surface area contributed by atoms with Crippen LogP contribution in [0.15, 0.2) is 0 Å². The number of ether oxygens (including phenoxy) is 1. The number of rotatable bonds is 7. The second kappa shape index (κ2) is 7.30. The van der Waals surface area contributed by atoms with Gasteiger partial charge in [-0.3, -0.25) is 4.79 Å². The highest BCUT2D eigenvalue weighted by Gasteiger charge is 2.17. The van der Waals surface area contributed by atoms with Crippen LogP contribution in [0.2, 0.25) is 0 Å². The Bertz CT molecular complexity index is 420. The highest BCUT2D eigenvalue weighted by molar-refractivity contribution is 7.18. The Labute approximate surface area is 117 Å². The molecule has 1 rings (SSSR count). The van der Waals surface area contributed by atoms with Crippen LogP contribution < -0.4 is 16.4 Å². The molecule has 0 saturated heterocycles. The van der Waals surface area contributed by atoms with Gasteiger partial charge in [0.2, 0.25) is 0 Å². The third kappa shape index (κ3) is 5.04. The summed E-state index contributed by atoms with van der Waals surface area (Å²) in [6.07, 6.45) is 0. The fraction of sp³-hybridized carbons (Fsp3) is 0.667. The molecule has 0 aliphatic heterocycles. The molecule has 4 N–H and O–H groups in total. The molecule has 1 heterocycles. The van der Waals surface area contributed by atoms with Gasteiger partial charge in [-0.2, -0.15) is 0 Å². The average Bonchev–Trinajstić information content (AvgIpc) is 2.66. The highest BCUT2D eigenvalue weighted by atomic mass is 32.1. The van der Waals surface area contributed by atoms with Gasteiger partial charge in [0.15, 0.2) is 5.13 Å². The number of thiazole rings is 1. The molecular formula is C12H22N4O2S. The molecule has 1 aromatic rings. The summed E-state index contributed by atoms with van der Waals surface area (Å²) < 4.78 is 5.02. The molecule has 1 amide bonds. The molecule has 0 aliphatic rings. The van der Waals surface area contributed by atoms with Crippen molar-refractivity contribution in [3.8, 4) is 0 Å². The van der Waals surface area contributed by atoms with Gasteiger partial charge in [0, 0.05) is 19.7 Å². The van der Waals surface area contributed by atoms with Crippen LogP contribution in [-0.4, -0.2) is 37.2 Å². The van der Waals surface area contributed by atoms with Gasteiger partial charge >= 0.3 is 0 Å². The second-order valence-corrected chi connectivity index (χ2v) is 5.80. The Morgan fingerprint density at radius 3 is 2.74 bits per heavy atom. The molecule has 0 spiro atoms. The van der Waals surface area contributed by atoms with Gasteiger partial charge in [0.25, 0.3) is 5.91 Å². The third-order valence-corrected chi connectivity index (χ3v) is 3.34. The van der Waals surface area contributed by atoms with Crippen molar-refractivity contribution in [3.63, 3.8) is 0 Å². The Hall–Kier alpha value is -1.34. The average molecular weight is 286 g/mol. The number of amides is 1. The van der Waals surface area contributed by atoms with Crippen molar-refractivity contribution in [2.75, 3.05) is 31.3 Å². The molecule has 0 saturated carbocycles. The van der Waals surface area contributed by atoms with Crippen molar-refractivity contribution in [2.45, 2.75) is 26.8 Å². The van der Waals surface area contributed by atoms with Gasteiger partial charge in [-0.05, 0) is 19.8 Å². The number of hydrogen-bond acceptors (Lipinski definition) is 6. The van der Waals surface area contributed by atoms with Crippen LogP contribution in [0.4, 0.5) is 10.9 Å². The SMILES string of the molecule is COCC(C)CNC(=O)c1sc(NC(C)C)nc1N. The number of carbonyl (C=O) groups excluding carboxylic acids is 1. The first-order valence-corrected chi connectivity index (χ1v) is 7.05. The maximum atomic E-state index is 12.0. The number of anilines is 2. The van der Waals surface area contributed by atoms with Gasteiger partial charge in [0.1, 0.15) is 10.7 Å². The van der Waals surface area contributed by atoms with E-state index in [1.807, 2.05) is 20.8 Å². The molecule has 0 fully saturated rings. The standard InChI is InChI=1S/C12H22N4O2S/c1-7(2)15-12-16-10(13)9(19-12)11(17)14-5-8(3)6-18-4/h7-8H,5-6,13H2,1-4H3,(H,14,17)(H,15,16). The number of nitrogens with one attached hydrogen (secondary N) is 2. The number of nitrogens with two attached hydrogens (primary N) is 1. The Balaban J connectivity index is 2.59. The largest absolute Gasteiger partial charge is 0.384 e. The van der Waals surface area contributed by atoms with Gasteiger partial charge in [-0.25, -0.2) is 4.98 Å². The smallest absolute Gasteiger partial charge is 0.265 e. The molecule has 1 unspecified atom stereocenters. The van der Waals surface area contributed by atoms with Crippen LogP contribution in [0.3, 0.4) is 0 Å². The predicted octanol–water partition coefficient (Wildman–Crippen LogP) is 1.56. The predicted molar refractivity (Wildman–Crippen MR) is 78.7 cm³/mol. The molecule has 7 heteroatoms. The monoisotopic (exact) mass is 286 g/mol. The van der Waals surface area contributed by atoms with Crippen molar-refractivity contribution < 1.29 is 9.53 Å². The van der Waals surface area contributed by atoms with Gasteiger partial charge in [-0.15, -0.1) is 0 Å². The van der Waals surface area contributed by atoms with E-state index in [0.717, 1.165) is 0 Å². The maximum Gasteiger partial charge on any atom is 0.265 e. The maximum absolute atomic E-state index is 12.0. The number of carbonyl (C=O) groups is 1. The summed E-state index contributed by atoms with van der Waals surface area (Å²) >= 11 is 1.27. The molecule has 108 valence electrons. The normalized spacial score (nSPS) is 12.5. The zero-order valence-electron chi connectivity index (χ0n) is 11.8. The Morgan fingerprint density at radius 1 is 1.47 bits per heavy atom. The van der Waals surface area contributed by atoms with Crippen molar-refractivity contribution in [1.82, 2.24) is 10.3 Å². The number of methoxy groups -OCH3 is 1. The van der Waals surface area contributed by atoms with Crippen LogP contribution in [0.5, 0.6) is 0 Å². The molecule has 1 atom stereocenters. The highest BCUT2D eigenvalue weighted by Crippen LogP contribution is 2.25. The van der Waals surface area contributed by atoms with Gasteiger partial charge in [0.05, 0.1) is 6.61 Å². The minimum absolute atomic E-state index is 0.185. The topological polar surface area (TPSA) is 89.3 Å². The fourth-order valence-corrected chi connectivity index (χ4v) is 2.44. The molecule has 19 heavy (non-hydrogen) atoms. The quantitative estimate of drug-likeness (QED) is 0.708. The minimum Gasteiger partial charge on any atom is -0.384 e. The molecule has 0 bridgehead atoms. The van der Waals surface area contributed by atoms with E-state index in [2.05, 4.69) is 15.6 Å². The fourth-order valence-electron chi connectivity index (χ4n) is 1.49. The van der Waals surface area contributed by atoms with E-state index in [9.17, 15) is 4.79 Å².